The average Bonchev–Trinajstić information content (AvgIpc) is 3.13. The van der Waals surface area contributed by atoms with Gasteiger partial charge in [-0.25, -0.2) is 0 Å². The molecule has 6 heteroatoms. The molecule has 1 N–H and O–H groups in total. The van der Waals surface area contributed by atoms with E-state index in [2.05, 4.69) is 10.3 Å². The number of pyridine rings is 1. The Kier molecular flexibility index (Phi) is 5.16. The van der Waals surface area contributed by atoms with Crippen LogP contribution in [0.4, 0.5) is 0 Å². The number of nitrogens with one attached hydrogen (secondary N) is 1. The van der Waals surface area contributed by atoms with E-state index in [1.165, 1.54) is 0 Å². The zero-order valence-electron chi connectivity index (χ0n) is 15.3. The minimum absolute atomic E-state index is 0.0243. The third-order valence-electron chi connectivity index (χ3n) is 5.29. The minimum Gasteiger partial charge on any atom is -0.338 e. The number of carbonyl (C=O) groups is 2. The van der Waals surface area contributed by atoms with Crippen LogP contribution >= 0.6 is 0 Å². The van der Waals surface area contributed by atoms with Gasteiger partial charge in [0.25, 0.3) is 5.91 Å². The van der Waals surface area contributed by atoms with E-state index in [1.807, 2.05) is 52.4 Å². The van der Waals surface area contributed by atoms with Crippen LogP contribution in [0.2, 0.25) is 0 Å². The first-order valence-electron chi connectivity index (χ1n) is 9.51. The van der Waals surface area contributed by atoms with Gasteiger partial charge in [0.05, 0.1) is 6.04 Å². The molecule has 1 unspecified atom stereocenters. The standard InChI is InChI=1S/C21H24N4O2/c26-20-7-3-10-24(20)15-16-4-1-5-17(12-16)21(27)25-11-9-23-14-19(25)18-6-2-8-22-13-18/h1-2,4-6,8,12-13,19,23H,3,7,9-11,14-15H2. The van der Waals surface area contributed by atoms with Crippen molar-refractivity contribution >= 4 is 11.8 Å². The lowest BCUT2D eigenvalue weighted by Gasteiger charge is -2.36. The lowest BCUT2D eigenvalue weighted by Crippen LogP contribution is -2.48. The van der Waals surface area contributed by atoms with E-state index in [0.717, 1.165) is 37.2 Å². The van der Waals surface area contributed by atoms with Gasteiger partial charge >= 0.3 is 0 Å². The fourth-order valence-corrected chi connectivity index (χ4v) is 3.88. The van der Waals surface area contributed by atoms with Gasteiger partial charge in [0, 0.05) is 57.1 Å². The summed E-state index contributed by atoms with van der Waals surface area (Å²) in [6.07, 6.45) is 5.12. The fraction of sp³-hybridized carbons (Fsp3) is 0.381. The molecule has 2 aliphatic heterocycles. The zero-order valence-corrected chi connectivity index (χ0v) is 15.3. The molecule has 140 valence electrons. The Labute approximate surface area is 159 Å². The minimum atomic E-state index is -0.0243. The first-order chi connectivity index (χ1) is 13.2. The lowest BCUT2D eigenvalue weighted by atomic mass is 10.0. The second-order valence-electron chi connectivity index (χ2n) is 7.12. The van der Waals surface area contributed by atoms with Gasteiger partial charge in [-0.1, -0.05) is 18.2 Å². The summed E-state index contributed by atoms with van der Waals surface area (Å²) in [4.78, 5) is 33.1. The van der Waals surface area contributed by atoms with Crippen molar-refractivity contribution in [3.8, 4) is 0 Å². The Morgan fingerprint density at radius 3 is 2.93 bits per heavy atom. The molecular formula is C21H24N4O2. The predicted molar refractivity (Wildman–Crippen MR) is 102 cm³/mol. The van der Waals surface area contributed by atoms with E-state index in [9.17, 15) is 9.59 Å². The highest BCUT2D eigenvalue weighted by atomic mass is 16.2. The quantitative estimate of drug-likeness (QED) is 0.901. The maximum absolute atomic E-state index is 13.2. The molecule has 4 rings (SSSR count). The molecule has 0 bridgehead atoms. The predicted octanol–water partition coefficient (Wildman–Crippen LogP) is 1.99. The summed E-state index contributed by atoms with van der Waals surface area (Å²) >= 11 is 0. The molecule has 1 aromatic carbocycles. The van der Waals surface area contributed by atoms with Crippen LogP contribution in [0.15, 0.2) is 48.8 Å². The Bertz CT molecular complexity index is 824. The maximum Gasteiger partial charge on any atom is 0.254 e. The molecule has 2 aromatic rings. The number of amides is 2. The maximum atomic E-state index is 13.2. The topological polar surface area (TPSA) is 65.5 Å². The monoisotopic (exact) mass is 364 g/mol. The van der Waals surface area contributed by atoms with Crippen molar-refractivity contribution in [1.29, 1.82) is 0 Å². The summed E-state index contributed by atoms with van der Waals surface area (Å²) in [6.45, 7) is 3.54. The average molecular weight is 364 g/mol. The number of likely N-dealkylation sites (tertiary alicyclic amines) is 1. The molecule has 6 nitrogen and oxygen atoms in total. The van der Waals surface area contributed by atoms with E-state index >= 15 is 0 Å². The zero-order chi connectivity index (χ0) is 18.6. The van der Waals surface area contributed by atoms with E-state index in [4.69, 9.17) is 0 Å². The highest BCUT2D eigenvalue weighted by Gasteiger charge is 2.29. The lowest BCUT2D eigenvalue weighted by molar-refractivity contribution is -0.128. The van der Waals surface area contributed by atoms with E-state index in [0.29, 0.717) is 25.1 Å². The Morgan fingerprint density at radius 2 is 2.15 bits per heavy atom. The Balaban J connectivity index is 1.54. The number of piperazine rings is 1. The van der Waals surface area contributed by atoms with Crippen LogP contribution < -0.4 is 5.32 Å². The van der Waals surface area contributed by atoms with Gasteiger partial charge in [-0.15, -0.1) is 0 Å². The highest BCUT2D eigenvalue weighted by Crippen LogP contribution is 2.24. The van der Waals surface area contributed by atoms with E-state index < -0.39 is 0 Å². The van der Waals surface area contributed by atoms with Crippen LogP contribution in [0.3, 0.4) is 0 Å². The van der Waals surface area contributed by atoms with Crippen molar-refractivity contribution in [2.45, 2.75) is 25.4 Å². The molecule has 0 radical (unpaired) electrons. The van der Waals surface area contributed by atoms with Crippen LogP contribution in [0.5, 0.6) is 0 Å². The molecule has 2 fully saturated rings. The van der Waals surface area contributed by atoms with Gasteiger partial charge in [-0.3, -0.25) is 14.6 Å². The third kappa shape index (κ3) is 3.85. The van der Waals surface area contributed by atoms with E-state index in [-0.39, 0.29) is 17.9 Å². The summed E-state index contributed by atoms with van der Waals surface area (Å²) < 4.78 is 0. The number of benzene rings is 1. The van der Waals surface area contributed by atoms with Crippen LogP contribution in [0.1, 0.15) is 40.4 Å². The second kappa shape index (κ2) is 7.88. The third-order valence-corrected chi connectivity index (χ3v) is 5.29. The number of carbonyl (C=O) groups excluding carboxylic acids is 2. The summed E-state index contributed by atoms with van der Waals surface area (Å²) in [5.41, 5.74) is 2.72. The first-order valence-corrected chi connectivity index (χ1v) is 9.51. The molecule has 0 saturated carbocycles. The van der Waals surface area contributed by atoms with Gasteiger partial charge in [-0.05, 0) is 35.7 Å². The number of nitrogens with zero attached hydrogens (tertiary/aromatic N) is 3. The molecule has 3 heterocycles. The van der Waals surface area contributed by atoms with Crippen LogP contribution in [-0.4, -0.2) is 52.8 Å². The summed E-state index contributed by atoms with van der Waals surface area (Å²) in [6, 6.07) is 11.6. The first kappa shape index (κ1) is 17.7. The van der Waals surface area contributed by atoms with Gasteiger partial charge in [0.2, 0.25) is 5.91 Å². The van der Waals surface area contributed by atoms with Crippen molar-refractivity contribution in [3.63, 3.8) is 0 Å². The summed E-state index contributed by atoms with van der Waals surface area (Å²) in [7, 11) is 0. The Hall–Kier alpha value is -2.73. The molecular weight excluding hydrogens is 340 g/mol. The molecule has 2 saturated heterocycles. The highest BCUT2D eigenvalue weighted by molar-refractivity contribution is 5.94. The van der Waals surface area contributed by atoms with Gasteiger partial charge in [-0.2, -0.15) is 0 Å². The van der Waals surface area contributed by atoms with Crippen molar-refractivity contribution in [1.82, 2.24) is 20.1 Å². The number of hydrogen-bond acceptors (Lipinski definition) is 4. The summed E-state index contributed by atoms with van der Waals surface area (Å²) in [5.74, 6) is 0.227. The number of aromatic nitrogens is 1. The Morgan fingerprint density at radius 1 is 1.22 bits per heavy atom. The van der Waals surface area contributed by atoms with Gasteiger partial charge < -0.3 is 15.1 Å². The molecule has 2 aliphatic rings. The molecule has 2 amide bonds. The van der Waals surface area contributed by atoms with Gasteiger partial charge in [0.1, 0.15) is 0 Å². The number of hydrogen-bond donors (Lipinski definition) is 1. The molecule has 27 heavy (non-hydrogen) atoms. The number of rotatable bonds is 4. The normalized spacial score (nSPS) is 20.1. The second-order valence-corrected chi connectivity index (χ2v) is 7.12. The molecule has 1 aromatic heterocycles. The molecule has 0 aliphatic carbocycles. The molecule has 0 spiro atoms. The van der Waals surface area contributed by atoms with Crippen LogP contribution in [0, 0.1) is 0 Å². The SMILES string of the molecule is O=C1CCCN1Cc1cccc(C(=O)N2CCNCC2c2cccnc2)c1. The van der Waals surface area contributed by atoms with Crippen molar-refractivity contribution in [2.24, 2.45) is 0 Å². The molecule has 1 atom stereocenters. The van der Waals surface area contributed by atoms with Crippen LogP contribution in [0.25, 0.3) is 0 Å². The van der Waals surface area contributed by atoms with Crippen molar-refractivity contribution in [3.05, 3.63) is 65.5 Å². The summed E-state index contributed by atoms with van der Waals surface area (Å²) in [5, 5.41) is 3.37. The van der Waals surface area contributed by atoms with E-state index in [1.54, 1.807) is 6.20 Å². The largest absolute Gasteiger partial charge is 0.338 e. The smallest absolute Gasteiger partial charge is 0.254 e. The van der Waals surface area contributed by atoms with Gasteiger partial charge in [0.15, 0.2) is 0 Å². The van der Waals surface area contributed by atoms with Crippen molar-refractivity contribution < 1.29 is 9.59 Å². The fourth-order valence-electron chi connectivity index (χ4n) is 3.88. The van der Waals surface area contributed by atoms with Crippen LogP contribution in [-0.2, 0) is 11.3 Å². The van der Waals surface area contributed by atoms with Crippen molar-refractivity contribution in [2.75, 3.05) is 26.2 Å².